The van der Waals surface area contributed by atoms with Gasteiger partial charge >= 0.3 is 6.18 Å². The molecule has 7 nitrogen and oxygen atoms in total. The van der Waals surface area contributed by atoms with Gasteiger partial charge in [0.25, 0.3) is 0 Å². The maximum Gasteiger partial charge on any atom is 0.416 e. The number of hydrogen-bond donors (Lipinski definition) is 1. The molecule has 1 N–H and O–H groups in total. The van der Waals surface area contributed by atoms with E-state index < -0.39 is 29.5 Å². The number of rotatable bonds is 6. The van der Waals surface area contributed by atoms with Gasteiger partial charge in [-0.25, -0.2) is 0 Å². The number of amides is 2. The summed E-state index contributed by atoms with van der Waals surface area (Å²) < 4.78 is 43.1. The molecule has 0 saturated heterocycles. The largest absolute Gasteiger partial charge is 0.508 e. The van der Waals surface area contributed by atoms with Gasteiger partial charge in [-0.15, -0.1) is 0 Å². The predicted molar refractivity (Wildman–Crippen MR) is 145 cm³/mol. The van der Waals surface area contributed by atoms with Crippen LogP contribution < -0.4 is 9.80 Å². The quantitative estimate of drug-likeness (QED) is 0.279. The Labute approximate surface area is 229 Å². The van der Waals surface area contributed by atoms with E-state index in [9.17, 15) is 27.9 Å². The van der Waals surface area contributed by atoms with E-state index in [1.165, 1.54) is 17.0 Å². The molecule has 1 aliphatic rings. The van der Waals surface area contributed by atoms with Crippen LogP contribution in [0.3, 0.4) is 0 Å². The van der Waals surface area contributed by atoms with Gasteiger partial charge in [0.05, 0.1) is 23.1 Å². The number of nitrogens with zero attached hydrogens (tertiary/aromatic N) is 4. The second-order valence-corrected chi connectivity index (χ2v) is 9.49. The lowest BCUT2D eigenvalue weighted by atomic mass is 9.92. The number of aromatic nitrogens is 2. The van der Waals surface area contributed by atoms with Crippen molar-refractivity contribution in [3.8, 4) is 16.9 Å². The van der Waals surface area contributed by atoms with Crippen molar-refractivity contribution < 1.29 is 27.9 Å². The van der Waals surface area contributed by atoms with Crippen LogP contribution in [-0.4, -0.2) is 33.2 Å². The van der Waals surface area contributed by atoms with Crippen LogP contribution in [0.25, 0.3) is 11.1 Å². The summed E-state index contributed by atoms with van der Waals surface area (Å²) in [6.07, 6.45) is -0.293. The van der Waals surface area contributed by atoms with Crippen LogP contribution in [0.2, 0.25) is 0 Å². The van der Waals surface area contributed by atoms with E-state index in [1.807, 2.05) is 13.1 Å². The highest BCUT2D eigenvalue weighted by atomic mass is 19.4. The van der Waals surface area contributed by atoms with E-state index in [0.717, 1.165) is 29.0 Å². The molecule has 4 aromatic rings. The average molecular weight is 549 g/mol. The molecular formula is C30H27F3N4O3. The molecule has 0 aliphatic carbocycles. The number of alkyl halides is 3. The normalized spacial score (nSPS) is 15.8. The zero-order valence-electron chi connectivity index (χ0n) is 21.9. The second-order valence-electron chi connectivity index (χ2n) is 9.49. The van der Waals surface area contributed by atoms with Gasteiger partial charge in [0.15, 0.2) is 0 Å². The number of phenolic OH excluding ortho intramolecular Hbond substituents is 1. The summed E-state index contributed by atoms with van der Waals surface area (Å²) in [5.74, 6) is -3.22. The van der Waals surface area contributed by atoms with Crippen molar-refractivity contribution in [2.24, 2.45) is 0 Å². The van der Waals surface area contributed by atoms with Crippen molar-refractivity contribution in [1.29, 1.82) is 0 Å². The Kier molecular flexibility index (Phi) is 7.10. The second kappa shape index (κ2) is 10.5. The van der Waals surface area contributed by atoms with Crippen LogP contribution in [-0.2, 0) is 22.3 Å². The fourth-order valence-electron chi connectivity index (χ4n) is 5.00. The van der Waals surface area contributed by atoms with E-state index in [4.69, 9.17) is 0 Å². The number of carbonyl (C=O) groups is 2. The number of aromatic hydroxyl groups is 1. The molecule has 1 atom stereocenters. The number of hydrogen-bond acceptors (Lipinski definition) is 4. The summed E-state index contributed by atoms with van der Waals surface area (Å²) in [6, 6.07) is 15.8. The van der Waals surface area contributed by atoms with E-state index in [0.29, 0.717) is 17.8 Å². The number of likely N-dealkylation sites (N-methyl/N-ethyl adjacent to an activating group) is 1. The Hall–Kier alpha value is -4.60. The molecule has 0 bridgehead atoms. The molecule has 5 rings (SSSR count). The van der Waals surface area contributed by atoms with Gasteiger partial charge in [-0.1, -0.05) is 31.2 Å². The molecule has 3 aromatic carbocycles. The fourth-order valence-corrected chi connectivity index (χ4v) is 5.00. The molecule has 0 spiro atoms. The minimum absolute atomic E-state index is 0.0546. The SMILES string of the molecule is CCCn1cc(-c2ccc(O)c(C3C(=O)N(CC)c4ccc(C(F)(F)F)cc4N(c4ccccc4)C3=O)c2)cn1. The molecule has 40 heavy (non-hydrogen) atoms. The van der Waals surface area contributed by atoms with Crippen molar-refractivity contribution in [2.45, 2.75) is 38.9 Å². The van der Waals surface area contributed by atoms with Gasteiger partial charge in [-0.2, -0.15) is 18.3 Å². The number of anilines is 3. The number of phenols is 1. The van der Waals surface area contributed by atoms with Crippen molar-refractivity contribution in [1.82, 2.24) is 9.78 Å². The van der Waals surface area contributed by atoms with Crippen molar-refractivity contribution in [2.75, 3.05) is 16.3 Å². The number of benzene rings is 3. The molecule has 2 heterocycles. The van der Waals surface area contributed by atoms with Crippen LogP contribution in [0.15, 0.2) is 79.1 Å². The van der Waals surface area contributed by atoms with E-state index in [1.54, 1.807) is 60.3 Å². The van der Waals surface area contributed by atoms with E-state index >= 15 is 0 Å². The van der Waals surface area contributed by atoms with Crippen LogP contribution in [0, 0.1) is 0 Å². The summed E-state index contributed by atoms with van der Waals surface area (Å²) in [6.45, 7) is 4.50. The molecule has 0 saturated carbocycles. The lowest BCUT2D eigenvalue weighted by molar-refractivity contribution is -0.137. The molecule has 1 aromatic heterocycles. The summed E-state index contributed by atoms with van der Waals surface area (Å²) >= 11 is 0. The van der Waals surface area contributed by atoms with Gasteiger partial charge in [-0.05, 0) is 61.4 Å². The smallest absolute Gasteiger partial charge is 0.416 e. The molecule has 1 unspecified atom stereocenters. The van der Waals surface area contributed by atoms with Gasteiger partial charge in [0.1, 0.15) is 11.7 Å². The summed E-state index contributed by atoms with van der Waals surface area (Å²) in [4.78, 5) is 30.7. The standard InChI is InChI=1S/C30H27F3N4O3/c1-3-14-35-18-20(17-34-35)19-10-13-26(38)23(15-19)27-28(39)36(4-2)24-12-11-21(30(31,32)33)16-25(24)37(29(27)40)22-8-6-5-7-9-22/h5-13,15-18,27,38H,3-4,14H2,1-2H3. The summed E-state index contributed by atoms with van der Waals surface area (Å²) in [7, 11) is 0. The van der Waals surface area contributed by atoms with Crippen LogP contribution in [0.5, 0.6) is 5.75 Å². The van der Waals surface area contributed by atoms with Gasteiger partial charge < -0.3 is 10.0 Å². The Morgan fingerprint density at radius 2 is 1.65 bits per heavy atom. The minimum atomic E-state index is -4.66. The first-order valence-electron chi connectivity index (χ1n) is 12.9. The highest BCUT2D eigenvalue weighted by molar-refractivity contribution is 6.23. The molecule has 206 valence electrons. The maximum atomic E-state index is 14.3. The minimum Gasteiger partial charge on any atom is -0.508 e. The highest BCUT2D eigenvalue weighted by Crippen LogP contribution is 2.45. The fraction of sp³-hybridized carbons (Fsp3) is 0.233. The summed E-state index contributed by atoms with van der Waals surface area (Å²) in [5.41, 5.74) is 0.854. The number of halogens is 3. The number of carbonyl (C=O) groups excluding carboxylic acids is 2. The van der Waals surface area contributed by atoms with E-state index in [-0.39, 0.29) is 29.2 Å². The van der Waals surface area contributed by atoms with Crippen molar-refractivity contribution >= 4 is 28.9 Å². The Bertz CT molecular complexity index is 1570. The third-order valence-corrected chi connectivity index (χ3v) is 6.90. The van der Waals surface area contributed by atoms with Crippen molar-refractivity contribution in [3.05, 3.63) is 90.3 Å². The Balaban J connectivity index is 1.71. The Morgan fingerprint density at radius 3 is 2.33 bits per heavy atom. The number of para-hydroxylation sites is 1. The molecule has 0 fully saturated rings. The monoisotopic (exact) mass is 548 g/mol. The van der Waals surface area contributed by atoms with Crippen LogP contribution in [0.1, 0.15) is 37.3 Å². The molecular weight excluding hydrogens is 521 g/mol. The third kappa shape index (κ3) is 4.81. The first kappa shape index (κ1) is 27.0. The first-order chi connectivity index (χ1) is 19.1. The van der Waals surface area contributed by atoms with Crippen LogP contribution in [0.4, 0.5) is 30.2 Å². The number of aryl methyl sites for hydroxylation is 1. The van der Waals surface area contributed by atoms with Gasteiger partial charge in [0, 0.05) is 36.1 Å². The predicted octanol–water partition coefficient (Wildman–Crippen LogP) is 6.50. The third-order valence-electron chi connectivity index (χ3n) is 6.90. The molecule has 2 amide bonds. The lowest BCUT2D eigenvalue weighted by Crippen LogP contribution is -2.39. The molecule has 1 aliphatic heterocycles. The van der Waals surface area contributed by atoms with Gasteiger partial charge in [-0.3, -0.25) is 19.2 Å². The molecule has 10 heteroatoms. The van der Waals surface area contributed by atoms with Crippen LogP contribution >= 0.6 is 0 Å². The van der Waals surface area contributed by atoms with E-state index in [2.05, 4.69) is 5.10 Å². The van der Waals surface area contributed by atoms with Crippen molar-refractivity contribution in [3.63, 3.8) is 0 Å². The average Bonchev–Trinajstić information content (AvgIpc) is 3.37. The zero-order chi connectivity index (χ0) is 28.6. The molecule has 0 radical (unpaired) electrons. The summed E-state index contributed by atoms with van der Waals surface area (Å²) in [5, 5.41) is 15.3. The maximum absolute atomic E-state index is 14.3. The number of fused-ring (bicyclic) bond motifs is 1. The first-order valence-corrected chi connectivity index (χ1v) is 12.9. The zero-order valence-corrected chi connectivity index (χ0v) is 21.9. The highest BCUT2D eigenvalue weighted by Gasteiger charge is 2.44. The Morgan fingerprint density at radius 1 is 0.900 bits per heavy atom. The lowest BCUT2D eigenvalue weighted by Gasteiger charge is -2.26. The topological polar surface area (TPSA) is 78.7 Å². The van der Waals surface area contributed by atoms with Gasteiger partial charge in [0.2, 0.25) is 11.8 Å².